The highest BCUT2D eigenvalue weighted by molar-refractivity contribution is 5.91. The highest BCUT2D eigenvalue weighted by Gasteiger charge is 2.32. The molecule has 1 aromatic carbocycles. The molecular formula is C15H17FN4O2. The Labute approximate surface area is 127 Å². The Bertz CT molecular complexity index is 695. The predicted octanol–water partition coefficient (Wildman–Crippen LogP) is 1.18. The summed E-state index contributed by atoms with van der Waals surface area (Å²) >= 11 is 0. The predicted molar refractivity (Wildman–Crippen MR) is 77.2 cm³/mol. The molecule has 0 bridgehead atoms. The molecule has 1 aromatic heterocycles. The van der Waals surface area contributed by atoms with Crippen LogP contribution >= 0.6 is 0 Å². The van der Waals surface area contributed by atoms with E-state index in [-0.39, 0.29) is 30.5 Å². The monoisotopic (exact) mass is 304 g/mol. The molecule has 0 radical (unpaired) electrons. The first-order chi connectivity index (χ1) is 10.6. The zero-order valence-electron chi connectivity index (χ0n) is 12.2. The van der Waals surface area contributed by atoms with Crippen molar-refractivity contribution in [3.05, 3.63) is 41.7 Å². The van der Waals surface area contributed by atoms with Crippen LogP contribution < -0.4 is 0 Å². The van der Waals surface area contributed by atoms with Gasteiger partial charge in [0.2, 0.25) is 5.82 Å². The van der Waals surface area contributed by atoms with Gasteiger partial charge in [0.25, 0.3) is 5.91 Å². The molecule has 1 amide bonds. The van der Waals surface area contributed by atoms with Gasteiger partial charge < -0.3 is 10.0 Å². The normalized spacial score (nSPS) is 15.0. The maximum Gasteiger partial charge on any atom is 0.293 e. The summed E-state index contributed by atoms with van der Waals surface area (Å²) in [6, 6.07) is 6.26. The molecule has 2 heterocycles. The Morgan fingerprint density at radius 1 is 1.41 bits per heavy atom. The number of carbonyl (C=O) groups excluding carboxylic acids is 1. The number of aryl methyl sites for hydroxylation is 1. The Hall–Kier alpha value is -2.28. The number of nitrogens with zero attached hydrogens (tertiary/aromatic N) is 4. The van der Waals surface area contributed by atoms with E-state index in [1.807, 2.05) is 6.92 Å². The number of aromatic nitrogens is 3. The molecule has 1 saturated heterocycles. The van der Waals surface area contributed by atoms with Gasteiger partial charge in [-0.05, 0) is 18.6 Å². The molecule has 1 N–H and O–H groups in total. The highest BCUT2D eigenvalue weighted by Crippen LogP contribution is 2.17. The maximum absolute atomic E-state index is 14.0. The summed E-state index contributed by atoms with van der Waals surface area (Å²) in [4.78, 5) is 18.0. The van der Waals surface area contributed by atoms with Crippen LogP contribution in [0.3, 0.4) is 0 Å². The van der Waals surface area contributed by atoms with Crippen LogP contribution in [0.1, 0.15) is 29.8 Å². The van der Waals surface area contributed by atoms with Crippen LogP contribution in [-0.4, -0.2) is 49.9 Å². The van der Waals surface area contributed by atoms with Gasteiger partial charge in [-0.25, -0.2) is 14.1 Å². The average molecular weight is 304 g/mol. The number of hydrogen-bond donors (Lipinski definition) is 1. The van der Waals surface area contributed by atoms with E-state index in [1.54, 1.807) is 18.2 Å². The van der Waals surface area contributed by atoms with Crippen molar-refractivity contribution >= 4 is 5.91 Å². The first-order valence-corrected chi connectivity index (χ1v) is 7.28. The number of halogens is 1. The van der Waals surface area contributed by atoms with Crippen LogP contribution in [0.5, 0.6) is 0 Å². The van der Waals surface area contributed by atoms with Crippen molar-refractivity contribution in [2.24, 2.45) is 0 Å². The molecule has 1 aliphatic rings. The number of β-amino-alcohol motifs (C(OH)–C–C–N with tert-alkyl or cyclic N) is 1. The van der Waals surface area contributed by atoms with Gasteiger partial charge in [0, 0.05) is 19.5 Å². The fourth-order valence-corrected chi connectivity index (χ4v) is 2.40. The summed E-state index contributed by atoms with van der Waals surface area (Å²) in [6.07, 6.45) is 0.924. The lowest BCUT2D eigenvalue weighted by atomic mass is 10.2. The van der Waals surface area contributed by atoms with Gasteiger partial charge in [-0.15, -0.1) is 5.10 Å². The molecule has 116 valence electrons. The van der Waals surface area contributed by atoms with Gasteiger partial charge in [0.05, 0.1) is 6.10 Å². The lowest BCUT2D eigenvalue weighted by molar-refractivity contribution is 0.00508. The Morgan fingerprint density at radius 3 is 2.77 bits per heavy atom. The van der Waals surface area contributed by atoms with Crippen LogP contribution in [0.25, 0.3) is 5.69 Å². The van der Waals surface area contributed by atoms with Gasteiger partial charge in [-0.3, -0.25) is 4.79 Å². The van der Waals surface area contributed by atoms with Gasteiger partial charge >= 0.3 is 0 Å². The lowest BCUT2D eigenvalue weighted by Gasteiger charge is -2.34. The van der Waals surface area contributed by atoms with Crippen molar-refractivity contribution in [2.45, 2.75) is 25.9 Å². The molecular weight excluding hydrogens is 287 g/mol. The number of aliphatic hydroxyl groups excluding tert-OH is 1. The SMILES string of the molecule is CCCc1nc(C(=O)N2CC(O)C2)nn1-c1ccccc1F. The van der Waals surface area contributed by atoms with Crippen molar-refractivity contribution in [3.63, 3.8) is 0 Å². The molecule has 6 nitrogen and oxygen atoms in total. The fraction of sp³-hybridized carbons (Fsp3) is 0.400. The molecule has 1 aliphatic heterocycles. The summed E-state index contributed by atoms with van der Waals surface area (Å²) in [5.74, 6) is -0.156. The summed E-state index contributed by atoms with van der Waals surface area (Å²) in [5, 5.41) is 13.5. The van der Waals surface area contributed by atoms with E-state index >= 15 is 0 Å². The molecule has 0 unspecified atom stereocenters. The third-order valence-corrected chi connectivity index (χ3v) is 3.57. The van der Waals surface area contributed by atoms with Gasteiger partial charge in [0.15, 0.2) is 0 Å². The molecule has 0 atom stereocenters. The standard InChI is InChI=1S/C15H17FN4O2/c1-2-5-13-17-14(15(22)19-8-10(21)9-19)18-20(13)12-7-4-3-6-11(12)16/h3-4,6-7,10,21H,2,5,8-9H2,1H3. The molecule has 0 spiro atoms. The maximum atomic E-state index is 14.0. The van der Waals surface area contributed by atoms with Gasteiger partial charge in [0.1, 0.15) is 17.3 Å². The number of hydrogen-bond acceptors (Lipinski definition) is 4. The molecule has 7 heteroatoms. The largest absolute Gasteiger partial charge is 0.389 e. The first kappa shape index (κ1) is 14.6. The van der Waals surface area contributed by atoms with E-state index in [2.05, 4.69) is 10.1 Å². The number of amides is 1. The Morgan fingerprint density at radius 2 is 2.14 bits per heavy atom. The second-order valence-electron chi connectivity index (χ2n) is 5.33. The zero-order valence-corrected chi connectivity index (χ0v) is 12.2. The summed E-state index contributed by atoms with van der Waals surface area (Å²) in [7, 11) is 0. The molecule has 0 saturated carbocycles. The summed E-state index contributed by atoms with van der Waals surface area (Å²) in [6.45, 7) is 2.56. The second-order valence-corrected chi connectivity index (χ2v) is 5.33. The number of likely N-dealkylation sites (tertiary alicyclic amines) is 1. The quantitative estimate of drug-likeness (QED) is 0.920. The minimum absolute atomic E-state index is 0.0404. The smallest absolute Gasteiger partial charge is 0.293 e. The Kier molecular flexibility index (Phi) is 3.89. The van der Waals surface area contributed by atoms with Crippen LogP contribution in [0.2, 0.25) is 0 Å². The number of carbonyl (C=O) groups is 1. The van der Waals surface area contributed by atoms with Crippen molar-refractivity contribution in [3.8, 4) is 5.69 Å². The highest BCUT2D eigenvalue weighted by atomic mass is 19.1. The second kappa shape index (κ2) is 5.84. The van der Waals surface area contributed by atoms with Crippen LogP contribution in [0.4, 0.5) is 4.39 Å². The van der Waals surface area contributed by atoms with Crippen molar-refractivity contribution < 1.29 is 14.3 Å². The average Bonchev–Trinajstić information content (AvgIpc) is 2.88. The number of para-hydroxylation sites is 1. The Balaban J connectivity index is 1.96. The van der Waals surface area contributed by atoms with Crippen molar-refractivity contribution in [1.29, 1.82) is 0 Å². The fourth-order valence-electron chi connectivity index (χ4n) is 2.40. The van der Waals surface area contributed by atoms with Crippen molar-refractivity contribution in [2.75, 3.05) is 13.1 Å². The zero-order chi connectivity index (χ0) is 15.7. The number of aliphatic hydroxyl groups is 1. The summed E-state index contributed by atoms with van der Waals surface area (Å²) < 4.78 is 15.4. The van der Waals surface area contributed by atoms with E-state index < -0.39 is 11.9 Å². The van der Waals surface area contributed by atoms with Crippen molar-refractivity contribution in [1.82, 2.24) is 19.7 Å². The first-order valence-electron chi connectivity index (χ1n) is 7.28. The van der Waals surface area contributed by atoms with Gasteiger partial charge in [-0.2, -0.15) is 0 Å². The van der Waals surface area contributed by atoms with Crippen LogP contribution in [0.15, 0.2) is 24.3 Å². The van der Waals surface area contributed by atoms with Gasteiger partial charge in [-0.1, -0.05) is 19.1 Å². The molecule has 3 rings (SSSR count). The van der Waals surface area contributed by atoms with Crippen LogP contribution in [-0.2, 0) is 6.42 Å². The van der Waals surface area contributed by atoms with E-state index in [9.17, 15) is 14.3 Å². The number of rotatable bonds is 4. The number of benzene rings is 1. The molecule has 1 fully saturated rings. The van der Waals surface area contributed by atoms with Crippen LogP contribution in [0, 0.1) is 5.82 Å². The lowest BCUT2D eigenvalue weighted by Crippen LogP contribution is -2.53. The van der Waals surface area contributed by atoms with E-state index in [0.717, 1.165) is 6.42 Å². The minimum Gasteiger partial charge on any atom is -0.389 e. The van der Waals surface area contributed by atoms with E-state index in [0.29, 0.717) is 12.2 Å². The van der Waals surface area contributed by atoms with E-state index in [1.165, 1.54) is 15.6 Å². The van der Waals surface area contributed by atoms with E-state index in [4.69, 9.17) is 0 Å². The minimum atomic E-state index is -0.479. The molecule has 2 aromatic rings. The summed E-state index contributed by atoms with van der Waals surface area (Å²) in [5.41, 5.74) is 0.279. The third kappa shape index (κ3) is 2.59. The topological polar surface area (TPSA) is 71.2 Å². The molecule has 0 aliphatic carbocycles. The third-order valence-electron chi connectivity index (χ3n) is 3.57. The molecule has 22 heavy (non-hydrogen) atoms.